The zero-order valence-corrected chi connectivity index (χ0v) is 13.6. The van der Waals surface area contributed by atoms with E-state index in [1.165, 1.54) is 7.11 Å². The molecular formula is C16H27N3O2. The van der Waals surface area contributed by atoms with Crippen LogP contribution in [0, 0.1) is 0 Å². The molecule has 0 aliphatic carbocycles. The minimum absolute atomic E-state index is 0.321. The van der Waals surface area contributed by atoms with Gasteiger partial charge in [0.1, 0.15) is 5.82 Å². The molecule has 5 nitrogen and oxygen atoms in total. The number of aromatic nitrogens is 1. The summed E-state index contributed by atoms with van der Waals surface area (Å²) < 4.78 is 4.75. The average molecular weight is 293 g/mol. The van der Waals surface area contributed by atoms with Gasteiger partial charge in [-0.15, -0.1) is 0 Å². The smallest absolute Gasteiger partial charge is 0.338 e. The first-order valence-electron chi connectivity index (χ1n) is 7.67. The van der Waals surface area contributed by atoms with Crippen molar-refractivity contribution >= 4 is 11.8 Å². The van der Waals surface area contributed by atoms with Crippen LogP contribution in [0.3, 0.4) is 0 Å². The van der Waals surface area contributed by atoms with Crippen molar-refractivity contribution in [3.63, 3.8) is 0 Å². The van der Waals surface area contributed by atoms with Gasteiger partial charge in [-0.25, -0.2) is 9.78 Å². The Morgan fingerprint density at radius 1 is 1.19 bits per heavy atom. The molecule has 1 aromatic rings. The Balaban J connectivity index is 2.65. The summed E-state index contributed by atoms with van der Waals surface area (Å²) in [4.78, 5) is 20.6. The van der Waals surface area contributed by atoms with Crippen LogP contribution in [0.5, 0.6) is 0 Å². The fourth-order valence-corrected chi connectivity index (χ4v) is 2.30. The van der Waals surface area contributed by atoms with Gasteiger partial charge in [0, 0.05) is 19.3 Å². The first-order chi connectivity index (χ1) is 10.2. The number of rotatable bonds is 9. The molecule has 0 aliphatic rings. The highest BCUT2D eigenvalue weighted by Crippen LogP contribution is 2.14. The zero-order valence-electron chi connectivity index (χ0n) is 13.6. The van der Waals surface area contributed by atoms with Crippen molar-refractivity contribution in [2.45, 2.75) is 27.2 Å². The lowest BCUT2D eigenvalue weighted by Gasteiger charge is -2.24. The van der Waals surface area contributed by atoms with E-state index >= 15 is 0 Å². The van der Waals surface area contributed by atoms with Crippen molar-refractivity contribution < 1.29 is 9.53 Å². The summed E-state index contributed by atoms with van der Waals surface area (Å²) in [5.74, 6) is 0.512. The van der Waals surface area contributed by atoms with Crippen LogP contribution in [0.2, 0.25) is 0 Å². The van der Waals surface area contributed by atoms with Gasteiger partial charge in [-0.3, -0.25) is 0 Å². The van der Waals surface area contributed by atoms with Gasteiger partial charge in [-0.2, -0.15) is 0 Å². The minimum atomic E-state index is -0.321. The number of ether oxygens (including phenoxy) is 1. The monoisotopic (exact) mass is 293 g/mol. The van der Waals surface area contributed by atoms with Crippen LogP contribution < -0.4 is 4.90 Å². The van der Waals surface area contributed by atoms with Crippen LogP contribution in [0.15, 0.2) is 18.3 Å². The van der Waals surface area contributed by atoms with Crippen LogP contribution in [0.25, 0.3) is 0 Å². The molecule has 0 amide bonds. The van der Waals surface area contributed by atoms with Crippen LogP contribution in [0.4, 0.5) is 5.82 Å². The Morgan fingerprint density at radius 2 is 1.90 bits per heavy atom. The number of esters is 1. The van der Waals surface area contributed by atoms with E-state index < -0.39 is 0 Å². The summed E-state index contributed by atoms with van der Waals surface area (Å²) in [6, 6.07) is 3.48. The second kappa shape index (κ2) is 9.34. The van der Waals surface area contributed by atoms with Crippen LogP contribution in [-0.2, 0) is 4.74 Å². The van der Waals surface area contributed by atoms with E-state index in [0.29, 0.717) is 5.56 Å². The molecule has 118 valence electrons. The van der Waals surface area contributed by atoms with E-state index in [1.54, 1.807) is 18.3 Å². The third-order valence-electron chi connectivity index (χ3n) is 3.67. The van der Waals surface area contributed by atoms with Crippen molar-refractivity contribution in [2.75, 3.05) is 44.7 Å². The van der Waals surface area contributed by atoms with Gasteiger partial charge in [0.05, 0.1) is 12.7 Å². The minimum Gasteiger partial charge on any atom is -0.465 e. The molecule has 0 spiro atoms. The molecular weight excluding hydrogens is 266 g/mol. The molecule has 0 unspecified atom stereocenters. The van der Waals surface area contributed by atoms with E-state index in [1.807, 2.05) is 0 Å². The van der Waals surface area contributed by atoms with Crippen molar-refractivity contribution in [3.05, 3.63) is 23.9 Å². The van der Waals surface area contributed by atoms with Crippen LogP contribution in [0.1, 0.15) is 37.6 Å². The zero-order chi connectivity index (χ0) is 15.7. The lowest BCUT2D eigenvalue weighted by molar-refractivity contribution is 0.0600. The molecule has 1 aromatic heterocycles. The number of anilines is 1. The summed E-state index contributed by atoms with van der Waals surface area (Å²) in [5.41, 5.74) is 0.546. The van der Waals surface area contributed by atoms with Crippen molar-refractivity contribution in [3.8, 4) is 0 Å². The van der Waals surface area contributed by atoms with Gasteiger partial charge in [-0.1, -0.05) is 13.8 Å². The fraction of sp³-hybridized carbons (Fsp3) is 0.625. The maximum atomic E-state index is 11.6. The number of nitrogens with zero attached hydrogens (tertiary/aromatic N) is 3. The highest BCUT2D eigenvalue weighted by Gasteiger charge is 2.11. The maximum absolute atomic E-state index is 11.6. The third-order valence-corrected chi connectivity index (χ3v) is 3.67. The van der Waals surface area contributed by atoms with Crippen molar-refractivity contribution in [1.29, 1.82) is 0 Å². The summed E-state index contributed by atoms with van der Waals surface area (Å²) in [6.45, 7) is 11.5. The summed E-state index contributed by atoms with van der Waals surface area (Å²) in [6.07, 6.45) is 2.74. The summed E-state index contributed by atoms with van der Waals surface area (Å²) in [7, 11) is 1.39. The molecule has 1 rings (SSSR count). The largest absolute Gasteiger partial charge is 0.465 e. The van der Waals surface area contributed by atoms with Crippen molar-refractivity contribution in [1.82, 2.24) is 9.88 Å². The molecule has 0 saturated heterocycles. The Morgan fingerprint density at radius 3 is 2.48 bits per heavy atom. The van der Waals surface area contributed by atoms with Crippen molar-refractivity contribution in [2.24, 2.45) is 0 Å². The number of carbonyl (C=O) groups is 1. The first-order valence-corrected chi connectivity index (χ1v) is 7.67. The predicted molar refractivity (Wildman–Crippen MR) is 85.9 cm³/mol. The number of hydrogen-bond acceptors (Lipinski definition) is 5. The first kappa shape index (κ1) is 17.4. The highest BCUT2D eigenvalue weighted by atomic mass is 16.5. The molecule has 0 aromatic carbocycles. The standard InChI is InChI=1S/C16H27N3O2/c1-5-18(6-2)11-8-12-19(7-3)15-13-14(9-10-17-15)16(20)21-4/h9-10,13H,5-8,11-12H2,1-4H3. The van der Waals surface area contributed by atoms with E-state index in [0.717, 1.165) is 45.0 Å². The van der Waals surface area contributed by atoms with E-state index in [-0.39, 0.29) is 5.97 Å². The third kappa shape index (κ3) is 5.34. The highest BCUT2D eigenvalue weighted by molar-refractivity contribution is 5.90. The molecule has 1 heterocycles. The average Bonchev–Trinajstić information content (AvgIpc) is 2.54. The molecule has 5 heteroatoms. The fourth-order valence-electron chi connectivity index (χ4n) is 2.30. The van der Waals surface area contributed by atoms with Gasteiger partial charge in [0.2, 0.25) is 0 Å². The van der Waals surface area contributed by atoms with Crippen LogP contribution in [-0.4, -0.2) is 55.7 Å². The molecule has 0 bridgehead atoms. The summed E-state index contributed by atoms with van der Waals surface area (Å²) >= 11 is 0. The predicted octanol–water partition coefficient (Wildman–Crippen LogP) is 2.43. The van der Waals surface area contributed by atoms with Gasteiger partial charge in [-0.05, 0) is 45.1 Å². The lowest BCUT2D eigenvalue weighted by Crippen LogP contribution is -2.30. The molecule has 0 atom stereocenters. The molecule has 0 radical (unpaired) electrons. The number of hydrogen-bond donors (Lipinski definition) is 0. The Labute approximate surface area is 127 Å². The number of methoxy groups -OCH3 is 1. The molecule has 0 fully saturated rings. The SMILES string of the molecule is CCN(CC)CCCN(CC)c1cc(C(=O)OC)ccn1. The number of carbonyl (C=O) groups excluding carboxylic acids is 1. The normalized spacial score (nSPS) is 10.7. The quantitative estimate of drug-likeness (QED) is 0.654. The van der Waals surface area contributed by atoms with E-state index in [2.05, 4.69) is 35.6 Å². The van der Waals surface area contributed by atoms with Gasteiger partial charge in [0.25, 0.3) is 0 Å². The number of pyridine rings is 1. The Kier molecular flexibility index (Phi) is 7.75. The van der Waals surface area contributed by atoms with Gasteiger partial charge >= 0.3 is 5.97 Å². The van der Waals surface area contributed by atoms with Gasteiger partial charge in [0.15, 0.2) is 0 Å². The van der Waals surface area contributed by atoms with E-state index in [9.17, 15) is 4.79 Å². The Bertz CT molecular complexity index is 433. The molecule has 0 aliphatic heterocycles. The molecule has 0 saturated carbocycles. The lowest BCUT2D eigenvalue weighted by atomic mass is 10.2. The second-order valence-corrected chi connectivity index (χ2v) is 4.85. The van der Waals surface area contributed by atoms with Gasteiger partial charge < -0.3 is 14.5 Å². The second-order valence-electron chi connectivity index (χ2n) is 4.85. The topological polar surface area (TPSA) is 45.7 Å². The Hall–Kier alpha value is -1.62. The molecule has 0 N–H and O–H groups in total. The van der Waals surface area contributed by atoms with Crippen LogP contribution >= 0.6 is 0 Å². The van der Waals surface area contributed by atoms with E-state index in [4.69, 9.17) is 4.74 Å². The maximum Gasteiger partial charge on any atom is 0.338 e. The summed E-state index contributed by atoms with van der Waals surface area (Å²) in [5, 5.41) is 0. The molecule has 21 heavy (non-hydrogen) atoms.